The van der Waals surface area contributed by atoms with Crippen LogP contribution in [0.4, 0.5) is 21.7 Å². The predicted molar refractivity (Wildman–Crippen MR) is 70.3 cm³/mol. The number of aromatic nitrogens is 2. The molecule has 5 heteroatoms. The fourth-order valence-electron chi connectivity index (χ4n) is 1.82. The van der Waals surface area contributed by atoms with E-state index in [1.807, 2.05) is 24.8 Å². The van der Waals surface area contributed by atoms with Gasteiger partial charge in [-0.1, -0.05) is 6.07 Å². The average molecular weight is 246 g/mol. The van der Waals surface area contributed by atoms with Gasteiger partial charge in [0.2, 0.25) is 0 Å². The molecule has 0 unspecified atom stereocenters. The number of nitrogens with two attached hydrogens (primary N) is 1. The summed E-state index contributed by atoms with van der Waals surface area (Å²) >= 11 is 0. The Morgan fingerprint density at radius 1 is 1.33 bits per heavy atom. The van der Waals surface area contributed by atoms with Crippen LogP contribution in [0.25, 0.3) is 0 Å². The first-order chi connectivity index (χ1) is 8.63. The van der Waals surface area contributed by atoms with Gasteiger partial charge in [-0.25, -0.2) is 14.4 Å². The molecule has 4 nitrogen and oxygen atoms in total. The lowest BCUT2D eigenvalue weighted by molar-refractivity contribution is 0.627. The van der Waals surface area contributed by atoms with Crippen molar-refractivity contribution in [3.05, 3.63) is 42.0 Å². The molecule has 0 spiro atoms. The van der Waals surface area contributed by atoms with E-state index in [1.54, 1.807) is 6.07 Å². The van der Waals surface area contributed by atoms with Gasteiger partial charge in [-0.2, -0.15) is 0 Å². The van der Waals surface area contributed by atoms with Gasteiger partial charge in [-0.05, 0) is 32.0 Å². The van der Waals surface area contributed by atoms with Crippen molar-refractivity contribution >= 4 is 17.3 Å². The number of halogens is 1. The summed E-state index contributed by atoms with van der Waals surface area (Å²) in [7, 11) is 0. The Hall–Kier alpha value is -2.17. The van der Waals surface area contributed by atoms with E-state index in [1.165, 1.54) is 18.5 Å². The highest BCUT2D eigenvalue weighted by Gasteiger charge is 2.13. The van der Waals surface area contributed by atoms with Crippen LogP contribution in [0, 0.1) is 12.7 Å². The van der Waals surface area contributed by atoms with Crippen molar-refractivity contribution < 1.29 is 4.39 Å². The van der Waals surface area contributed by atoms with E-state index in [2.05, 4.69) is 9.97 Å². The van der Waals surface area contributed by atoms with Crippen molar-refractivity contribution in [2.24, 2.45) is 0 Å². The molecule has 0 atom stereocenters. The molecule has 0 amide bonds. The predicted octanol–water partition coefficient (Wildman–Crippen LogP) is 2.66. The molecule has 0 aliphatic heterocycles. The number of hydrogen-bond donors (Lipinski definition) is 1. The van der Waals surface area contributed by atoms with Gasteiger partial charge in [0.1, 0.15) is 23.8 Å². The van der Waals surface area contributed by atoms with Crippen molar-refractivity contribution in [2.75, 3.05) is 17.2 Å². The Labute approximate surface area is 105 Å². The summed E-state index contributed by atoms with van der Waals surface area (Å²) in [6.45, 7) is 4.50. The molecule has 0 radical (unpaired) electrons. The van der Waals surface area contributed by atoms with Crippen LogP contribution in [0.15, 0.2) is 30.6 Å². The Morgan fingerprint density at radius 3 is 2.78 bits per heavy atom. The van der Waals surface area contributed by atoms with E-state index in [0.29, 0.717) is 18.2 Å². The van der Waals surface area contributed by atoms with Crippen LogP contribution in [0.3, 0.4) is 0 Å². The van der Waals surface area contributed by atoms with Crippen molar-refractivity contribution in [2.45, 2.75) is 13.8 Å². The van der Waals surface area contributed by atoms with Crippen LogP contribution >= 0.6 is 0 Å². The fraction of sp³-hybridized carbons (Fsp3) is 0.231. The molecule has 0 aliphatic carbocycles. The summed E-state index contributed by atoms with van der Waals surface area (Å²) in [6, 6.07) is 6.40. The van der Waals surface area contributed by atoms with Crippen LogP contribution in [0.5, 0.6) is 0 Å². The molecule has 0 saturated carbocycles. The summed E-state index contributed by atoms with van der Waals surface area (Å²) in [5, 5.41) is 0. The highest BCUT2D eigenvalue weighted by Crippen LogP contribution is 2.27. The third kappa shape index (κ3) is 2.25. The summed E-state index contributed by atoms with van der Waals surface area (Å²) in [4.78, 5) is 10.1. The first-order valence-electron chi connectivity index (χ1n) is 5.73. The SMILES string of the molecule is CCN(c1cccc(F)c1)c1ncnc(N)c1C. The monoisotopic (exact) mass is 246 g/mol. The van der Waals surface area contributed by atoms with Gasteiger partial charge in [-0.3, -0.25) is 0 Å². The average Bonchev–Trinajstić information content (AvgIpc) is 2.35. The normalized spacial score (nSPS) is 10.4. The topological polar surface area (TPSA) is 55.0 Å². The van der Waals surface area contributed by atoms with Gasteiger partial charge in [0.15, 0.2) is 0 Å². The highest BCUT2D eigenvalue weighted by atomic mass is 19.1. The summed E-state index contributed by atoms with van der Waals surface area (Å²) in [6.07, 6.45) is 1.42. The van der Waals surface area contributed by atoms with Crippen LogP contribution in [-0.2, 0) is 0 Å². The van der Waals surface area contributed by atoms with Crippen molar-refractivity contribution in [3.63, 3.8) is 0 Å². The molecule has 18 heavy (non-hydrogen) atoms. The van der Waals surface area contributed by atoms with E-state index in [-0.39, 0.29) is 5.82 Å². The zero-order chi connectivity index (χ0) is 13.1. The molecule has 1 aromatic carbocycles. The number of nitrogens with zero attached hydrogens (tertiary/aromatic N) is 3. The van der Waals surface area contributed by atoms with Gasteiger partial charge in [0.25, 0.3) is 0 Å². The maximum Gasteiger partial charge on any atom is 0.141 e. The number of rotatable bonds is 3. The van der Waals surface area contributed by atoms with Gasteiger partial charge in [-0.15, -0.1) is 0 Å². The highest BCUT2D eigenvalue weighted by molar-refractivity contribution is 5.65. The lowest BCUT2D eigenvalue weighted by Crippen LogP contribution is -2.19. The van der Waals surface area contributed by atoms with Crippen molar-refractivity contribution in [1.29, 1.82) is 0 Å². The number of nitrogen functional groups attached to an aromatic ring is 1. The standard InChI is InChI=1S/C13H15FN4/c1-3-18(11-6-4-5-10(14)7-11)13-9(2)12(15)16-8-17-13/h4-8H,3H2,1-2H3,(H2,15,16,17). The summed E-state index contributed by atoms with van der Waals surface area (Å²) in [5.74, 6) is 0.871. The molecule has 0 fully saturated rings. The Bertz CT molecular complexity index is 556. The second-order valence-electron chi connectivity index (χ2n) is 3.93. The molecule has 2 N–H and O–H groups in total. The number of anilines is 3. The Kier molecular flexibility index (Phi) is 3.41. The smallest absolute Gasteiger partial charge is 0.141 e. The van der Waals surface area contributed by atoms with Crippen LogP contribution in [0.2, 0.25) is 0 Å². The molecule has 0 aliphatic rings. The molecular weight excluding hydrogens is 231 g/mol. The van der Waals surface area contributed by atoms with Gasteiger partial charge >= 0.3 is 0 Å². The van der Waals surface area contributed by atoms with E-state index < -0.39 is 0 Å². The maximum atomic E-state index is 13.3. The summed E-state index contributed by atoms with van der Waals surface area (Å²) in [5.41, 5.74) is 7.31. The number of hydrogen-bond acceptors (Lipinski definition) is 4. The molecule has 0 saturated heterocycles. The van der Waals surface area contributed by atoms with E-state index in [0.717, 1.165) is 11.3 Å². The zero-order valence-corrected chi connectivity index (χ0v) is 10.4. The van der Waals surface area contributed by atoms with Crippen LogP contribution < -0.4 is 10.6 Å². The molecule has 2 aromatic rings. The zero-order valence-electron chi connectivity index (χ0n) is 10.4. The largest absolute Gasteiger partial charge is 0.383 e. The first kappa shape index (κ1) is 12.3. The molecular formula is C13H15FN4. The van der Waals surface area contributed by atoms with Gasteiger partial charge < -0.3 is 10.6 Å². The second-order valence-corrected chi connectivity index (χ2v) is 3.93. The molecule has 2 rings (SSSR count). The van der Waals surface area contributed by atoms with E-state index in [9.17, 15) is 4.39 Å². The quantitative estimate of drug-likeness (QED) is 0.904. The Balaban J connectivity index is 2.49. The maximum absolute atomic E-state index is 13.3. The Morgan fingerprint density at radius 2 is 2.11 bits per heavy atom. The molecule has 1 aromatic heterocycles. The van der Waals surface area contributed by atoms with Crippen molar-refractivity contribution in [3.8, 4) is 0 Å². The minimum Gasteiger partial charge on any atom is -0.383 e. The third-order valence-corrected chi connectivity index (χ3v) is 2.79. The molecule has 0 bridgehead atoms. The van der Waals surface area contributed by atoms with Crippen molar-refractivity contribution in [1.82, 2.24) is 9.97 Å². The van der Waals surface area contributed by atoms with Crippen LogP contribution in [0.1, 0.15) is 12.5 Å². The lowest BCUT2D eigenvalue weighted by Gasteiger charge is -2.23. The second kappa shape index (κ2) is 5.00. The summed E-state index contributed by atoms with van der Waals surface area (Å²) < 4.78 is 13.3. The third-order valence-electron chi connectivity index (χ3n) is 2.79. The minimum absolute atomic E-state index is 0.273. The van der Waals surface area contributed by atoms with E-state index >= 15 is 0 Å². The first-order valence-corrected chi connectivity index (χ1v) is 5.73. The number of benzene rings is 1. The van der Waals surface area contributed by atoms with Crippen LogP contribution in [-0.4, -0.2) is 16.5 Å². The molecule has 1 heterocycles. The van der Waals surface area contributed by atoms with Gasteiger partial charge in [0, 0.05) is 17.8 Å². The fourth-order valence-corrected chi connectivity index (χ4v) is 1.82. The van der Waals surface area contributed by atoms with Gasteiger partial charge in [0.05, 0.1) is 0 Å². The minimum atomic E-state index is -0.273. The van der Waals surface area contributed by atoms with E-state index in [4.69, 9.17) is 5.73 Å². The lowest BCUT2D eigenvalue weighted by atomic mass is 10.2. The molecule has 94 valence electrons.